The van der Waals surface area contributed by atoms with Crippen molar-refractivity contribution < 1.29 is 14.4 Å². The van der Waals surface area contributed by atoms with Gasteiger partial charge in [0.05, 0.1) is 12.3 Å². The summed E-state index contributed by atoms with van der Waals surface area (Å²) in [6, 6.07) is 7.89. The fourth-order valence-corrected chi connectivity index (χ4v) is 2.20. The summed E-state index contributed by atoms with van der Waals surface area (Å²) in [7, 11) is 3.86. The van der Waals surface area contributed by atoms with Gasteiger partial charge in [0.25, 0.3) is 5.91 Å². The Kier molecular flexibility index (Phi) is 6.31. The minimum Gasteiger partial charge on any atom is -0.382 e. The van der Waals surface area contributed by atoms with Crippen molar-refractivity contribution in [3.8, 4) is 0 Å². The number of hydrogen-bond donors (Lipinski definition) is 2. The highest BCUT2D eigenvalue weighted by Gasteiger charge is 2.28. The van der Waals surface area contributed by atoms with Crippen molar-refractivity contribution in [2.45, 2.75) is 19.4 Å². The van der Waals surface area contributed by atoms with Crippen molar-refractivity contribution in [2.75, 3.05) is 33.7 Å². The Labute approximate surface area is 142 Å². The van der Waals surface area contributed by atoms with Crippen molar-refractivity contribution in [1.82, 2.24) is 15.5 Å². The van der Waals surface area contributed by atoms with Gasteiger partial charge in [0.15, 0.2) is 0 Å². The summed E-state index contributed by atoms with van der Waals surface area (Å²) < 4.78 is 0. The molecule has 0 aromatic heterocycles. The number of rotatable bonds is 7. The lowest BCUT2D eigenvalue weighted by atomic mass is 10.0. The van der Waals surface area contributed by atoms with Crippen LogP contribution in [-0.2, 0) is 14.4 Å². The Morgan fingerprint density at radius 2 is 1.96 bits per heavy atom. The van der Waals surface area contributed by atoms with Gasteiger partial charge < -0.3 is 20.4 Å². The summed E-state index contributed by atoms with van der Waals surface area (Å²) in [4.78, 5) is 30.9. The molecule has 0 fully saturated rings. The zero-order chi connectivity index (χ0) is 17.5. The van der Waals surface area contributed by atoms with Gasteiger partial charge in [0.2, 0.25) is 12.0 Å². The molecule has 7 nitrogen and oxygen atoms in total. The number of nitrogens with one attached hydrogen (secondary N) is 2. The van der Waals surface area contributed by atoms with E-state index in [-0.39, 0.29) is 18.4 Å². The van der Waals surface area contributed by atoms with E-state index in [2.05, 4.69) is 15.8 Å². The van der Waals surface area contributed by atoms with Crippen LogP contribution >= 0.6 is 0 Å². The molecule has 130 valence electrons. The summed E-state index contributed by atoms with van der Waals surface area (Å²) in [5.74, 6) is -0.550. The van der Waals surface area contributed by atoms with Gasteiger partial charge >= 0.3 is 0 Å². The van der Waals surface area contributed by atoms with Crippen LogP contribution in [0.5, 0.6) is 0 Å². The molecule has 2 amide bonds. The second kappa shape index (κ2) is 8.44. The zero-order valence-electron chi connectivity index (χ0n) is 14.3. The average molecular weight is 332 g/mol. The summed E-state index contributed by atoms with van der Waals surface area (Å²) in [6.45, 7) is 3.24. The number of amides is 2. The molecule has 1 aliphatic heterocycles. The van der Waals surface area contributed by atoms with E-state index >= 15 is 0 Å². The average Bonchev–Trinajstić information content (AvgIpc) is 3.03. The van der Waals surface area contributed by atoms with Crippen LogP contribution in [0.25, 0.3) is 0 Å². The lowest BCUT2D eigenvalue weighted by Gasteiger charge is -2.12. The van der Waals surface area contributed by atoms with Gasteiger partial charge in [-0.25, -0.2) is 0 Å². The summed E-state index contributed by atoms with van der Waals surface area (Å²) in [6.07, 6.45) is -0.284. The van der Waals surface area contributed by atoms with Gasteiger partial charge in [-0.1, -0.05) is 35.0 Å². The second-order valence-corrected chi connectivity index (χ2v) is 6.07. The molecule has 2 rings (SSSR count). The van der Waals surface area contributed by atoms with Gasteiger partial charge in [-0.3, -0.25) is 9.59 Å². The third kappa shape index (κ3) is 5.34. The Balaban J connectivity index is 1.73. The van der Waals surface area contributed by atoms with Crippen molar-refractivity contribution in [1.29, 1.82) is 0 Å². The van der Waals surface area contributed by atoms with E-state index in [0.717, 1.165) is 23.4 Å². The van der Waals surface area contributed by atoms with E-state index < -0.39 is 6.10 Å². The van der Waals surface area contributed by atoms with Crippen molar-refractivity contribution in [3.63, 3.8) is 0 Å². The quantitative estimate of drug-likeness (QED) is 0.751. The normalized spacial score (nSPS) is 16.5. The Morgan fingerprint density at radius 3 is 2.62 bits per heavy atom. The summed E-state index contributed by atoms with van der Waals surface area (Å²) >= 11 is 0. The van der Waals surface area contributed by atoms with Gasteiger partial charge in [-0.2, -0.15) is 0 Å². The number of likely N-dealkylation sites (N-methyl/N-ethyl adjacent to an activating group) is 1. The molecule has 2 N–H and O–H groups in total. The van der Waals surface area contributed by atoms with E-state index in [4.69, 9.17) is 4.84 Å². The van der Waals surface area contributed by atoms with E-state index in [1.165, 1.54) is 0 Å². The molecule has 0 aliphatic carbocycles. The number of benzene rings is 1. The van der Waals surface area contributed by atoms with Crippen LogP contribution in [0.1, 0.15) is 17.5 Å². The van der Waals surface area contributed by atoms with Crippen LogP contribution in [0.2, 0.25) is 0 Å². The lowest BCUT2D eigenvalue weighted by molar-refractivity contribution is -0.133. The molecule has 7 heteroatoms. The van der Waals surface area contributed by atoms with Crippen molar-refractivity contribution >= 4 is 17.5 Å². The first-order valence-corrected chi connectivity index (χ1v) is 7.94. The Morgan fingerprint density at radius 1 is 1.25 bits per heavy atom. The largest absolute Gasteiger partial charge is 0.382 e. The topological polar surface area (TPSA) is 83.0 Å². The van der Waals surface area contributed by atoms with Crippen LogP contribution in [0.4, 0.5) is 0 Å². The molecular weight excluding hydrogens is 308 g/mol. The highest BCUT2D eigenvalue weighted by molar-refractivity contribution is 6.04. The van der Waals surface area contributed by atoms with Crippen molar-refractivity contribution in [2.24, 2.45) is 5.16 Å². The first-order chi connectivity index (χ1) is 11.5. The minimum absolute atomic E-state index is 0.0635. The number of carbonyl (C=O) groups excluding carboxylic acids is 2. The van der Waals surface area contributed by atoms with Crippen LogP contribution in [0, 0.1) is 6.92 Å². The number of carbonyl (C=O) groups is 2. The molecule has 0 unspecified atom stereocenters. The van der Waals surface area contributed by atoms with Gasteiger partial charge in [-0.05, 0) is 26.6 Å². The van der Waals surface area contributed by atoms with E-state index in [1.807, 2.05) is 50.2 Å². The Hall–Kier alpha value is -2.41. The number of oxime groups is 1. The van der Waals surface area contributed by atoms with E-state index in [1.54, 1.807) is 0 Å². The van der Waals surface area contributed by atoms with Crippen LogP contribution in [0.3, 0.4) is 0 Å². The lowest BCUT2D eigenvalue weighted by Crippen LogP contribution is -2.42. The highest BCUT2D eigenvalue weighted by Crippen LogP contribution is 2.17. The van der Waals surface area contributed by atoms with Gasteiger partial charge in [0.1, 0.15) is 0 Å². The Bertz CT molecular complexity index is 611. The molecule has 0 bridgehead atoms. The molecule has 24 heavy (non-hydrogen) atoms. The molecular formula is C17H24N4O3. The van der Waals surface area contributed by atoms with E-state index in [9.17, 15) is 9.59 Å². The number of nitrogens with zero attached hydrogens (tertiary/aromatic N) is 2. The standard InChI is InChI=1S/C17H24N4O3/c1-12-4-6-13(7-5-12)14-10-15(24-20-14)17(23)19-11-16(22)18-8-9-21(2)3/h4-7,15H,8-11H2,1-3H3,(H,18,22)(H,19,23)/t15-/m1/s1. The highest BCUT2D eigenvalue weighted by atomic mass is 16.6. The fraction of sp³-hybridized carbons (Fsp3) is 0.471. The van der Waals surface area contributed by atoms with Crippen LogP contribution < -0.4 is 10.6 Å². The minimum atomic E-state index is -0.684. The molecule has 1 aliphatic rings. The zero-order valence-corrected chi connectivity index (χ0v) is 14.3. The van der Waals surface area contributed by atoms with Crippen LogP contribution in [-0.4, -0.2) is 62.3 Å². The molecule has 0 saturated heterocycles. The maximum absolute atomic E-state index is 12.1. The predicted molar refractivity (Wildman–Crippen MR) is 91.8 cm³/mol. The maximum atomic E-state index is 12.1. The van der Waals surface area contributed by atoms with E-state index in [0.29, 0.717) is 13.0 Å². The first kappa shape index (κ1) is 17.9. The molecule has 0 spiro atoms. The number of hydrogen-bond acceptors (Lipinski definition) is 5. The molecule has 0 radical (unpaired) electrons. The second-order valence-electron chi connectivity index (χ2n) is 6.07. The summed E-state index contributed by atoms with van der Waals surface area (Å²) in [5.41, 5.74) is 2.84. The SMILES string of the molecule is Cc1ccc(C2=NO[C@@H](C(=O)NCC(=O)NCCN(C)C)C2)cc1. The third-order valence-corrected chi connectivity index (χ3v) is 3.65. The summed E-state index contributed by atoms with van der Waals surface area (Å²) in [5, 5.41) is 9.30. The predicted octanol–water partition coefficient (Wildman–Crippen LogP) is 0.282. The van der Waals surface area contributed by atoms with Gasteiger partial charge in [-0.15, -0.1) is 0 Å². The monoisotopic (exact) mass is 332 g/mol. The first-order valence-electron chi connectivity index (χ1n) is 7.94. The van der Waals surface area contributed by atoms with Gasteiger partial charge in [0, 0.05) is 19.5 Å². The molecule has 0 saturated carbocycles. The van der Waals surface area contributed by atoms with Crippen molar-refractivity contribution in [3.05, 3.63) is 35.4 Å². The molecule has 1 heterocycles. The molecule has 1 aromatic carbocycles. The molecule has 1 atom stereocenters. The smallest absolute Gasteiger partial charge is 0.264 e. The number of aryl methyl sites for hydroxylation is 1. The molecule has 1 aromatic rings. The fourth-order valence-electron chi connectivity index (χ4n) is 2.20. The third-order valence-electron chi connectivity index (χ3n) is 3.65. The maximum Gasteiger partial charge on any atom is 0.264 e. The van der Waals surface area contributed by atoms with Crippen LogP contribution in [0.15, 0.2) is 29.4 Å².